The third-order valence-corrected chi connectivity index (χ3v) is 8.09. The Morgan fingerprint density at radius 3 is 2.71 bits per heavy atom. The molecule has 0 radical (unpaired) electrons. The van der Waals surface area contributed by atoms with Crippen LogP contribution in [0.15, 0.2) is 18.2 Å². The van der Waals surface area contributed by atoms with Gasteiger partial charge in [0.2, 0.25) is 12.7 Å². The van der Waals surface area contributed by atoms with Gasteiger partial charge in [-0.3, -0.25) is 14.6 Å². The number of nitrogens with one attached hydrogen (secondary N) is 1. The van der Waals surface area contributed by atoms with Crippen LogP contribution in [0.3, 0.4) is 0 Å². The predicted molar refractivity (Wildman–Crippen MR) is 134 cm³/mol. The molecule has 8 nitrogen and oxygen atoms in total. The summed E-state index contributed by atoms with van der Waals surface area (Å²) in [7, 11) is 0. The highest BCUT2D eigenvalue weighted by atomic mass is 32.1. The van der Waals surface area contributed by atoms with E-state index in [1.54, 1.807) is 11.3 Å². The lowest BCUT2D eigenvalue weighted by molar-refractivity contribution is -0.117. The molecule has 188 valence electrons. The zero-order chi connectivity index (χ0) is 24.4. The molecule has 3 aliphatic rings. The summed E-state index contributed by atoms with van der Waals surface area (Å²) < 4.78 is 16.2. The predicted octanol–water partition coefficient (Wildman–Crippen LogP) is 3.53. The summed E-state index contributed by atoms with van der Waals surface area (Å²) in [6.45, 7) is 9.24. The smallest absolute Gasteiger partial charge is 0.341 e. The summed E-state index contributed by atoms with van der Waals surface area (Å²) in [5.74, 6) is 1.80. The van der Waals surface area contributed by atoms with Gasteiger partial charge in [-0.15, -0.1) is 11.3 Å². The second-order valence-corrected chi connectivity index (χ2v) is 10.7. The quantitative estimate of drug-likeness (QED) is 0.584. The largest absolute Gasteiger partial charge is 0.462 e. The van der Waals surface area contributed by atoms with Crippen molar-refractivity contribution in [2.45, 2.75) is 39.7 Å². The number of amides is 1. The van der Waals surface area contributed by atoms with Crippen molar-refractivity contribution in [2.75, 3.05) is 51.4 Å². The minimum atomic E-state index is -0.327. The first-order chi connectivity index (χ1) is 17.0. The van der Waals surface area contributed by atoms with Crippen molar-refractivity contribution in [3.05, 3.63) is 39.8 Å². The Morgan fingerprint density at radius 1 is 1.14 bits per heavy atom. The first-order valence-electron chi connectivity index (χ1n) is 12.4. The molecule has 0 saturated carbocycles. The van der Waals surface area contributed by atoms with Crippen molar-refractivity contribution >= 4 is 28.2 Å². The van der Waals surface area contributed by atoms with Gasteiger partial charge in [0.05, 0.1) is 18.7 Å². The van der Waals surface area contributed by atoms with Crippen molar-refractivity contribution < 1.29 is 23.8 Å². The molecular weight excluding hydrogens is 466 g/mol. The molecule has 1 amide bonds. The summed E-state index contributed by atoms with van der Waals surface area (Å²) in [4.78, 5) is 31.4. The van der Waals surface area contributed by atoms with Crippen molar-refractivity contribution in [2.24, 2.45) is 5.92 Å². The Hall–Kier alpha value is -2.62. The highest BCUT2D eigenvalue weighted by Gasteiger charge is 2.29. The third-order valence-electron chi connectivity index (χ3n) is 6.92. The van der Waals surface area contributed by atoms with Gasteiger partial charge in [0.15, 0.2) is 11.5 Å². The first kappa shape index (κ1) is 24.1. The van der Waals surface area contributed by atoms with E-state index in [4.69, 9.17) is 14.2 Å². The van der Waals surface area contributed by atoms with E-state index in [-0.39, 0.29) is 18.7 Å². The second kappa shape index (κ2) is 10.6. The van der Waals surface area contributed by atoms with E-state index < -0.39 is 0 Å². The lowest BCUT2D eigenvalue weighted by Crippen LogP contribution is -2.48. The average molecular weight is 500 g/mol. The van der Waals surface area contributed by atoms with Crippen molar-refractivity contribution in [1.29, 1.82) is 0 Å². The summed E-state index contributed by atoms with van der Waals surface area (Å²) in [6, 6.07) is 6.09. The number of hydrogen-bond donors (Lipinski definition) is 1. The van der Waals surface area contributed by atoms with E-state index in [1.807, 2.05) is 19.1 Å². The Kier molecular flexibility index (Phi) is 7.27. The molecule has 1 aromatic carbocycles. The molecule has 1 N–H and O–H groups in total. The van der Waals surface area contributed by atoms with Gasteiger partial charge in [-0.1, -0.05) is 13.0 Å². The second-order valence-electron chi connectivity index (χ2n) is 9.56. The van der Waals surface area contributed by atoms with E-state index in [9.17, 15) is 9.59 Å². The molecular formula is C26H33N3O5S. The zero-order valence-electron chi connectivity index (χ0n) is 20.4. The van der Waals surface area contributed by atoms with Gasteiger partial charge in [0, 0.05) is 37.6 Å². The van der Waals surface area contributed by atoms with Crippen LogP contribution >= 0.6 is 11.3 Å². The molecule has 1 aromatic heterocycles. The normalized spacial score (nSPS) is 19.9. The number of carbonyl (C=O) groups excluding carboxylic acids is 2. The maximum absolute atomic E-state index is 12.9. The van der Waals surface area contributed by atoms with Crippen LogP contribution in [0.2, 0.25) is 0 Å². The average Bonchev–Trinajstić information content (AvgIpc) is 3.43. The van der Waals surface area contributed by atoms with Gasteiger partial charge in [0.1, 0.15) is 5.00 Å². The SMILES string of the molecule is CCOC(=O)c1c(NC(=O)CN2CCN(Cc3ccc4c(c3)OCO4)CC2)sc2c1CCC(C)C2. The zero-order valence-corrected chi connectivity index (χ0v) is 21.2. The van der Waals surface area contributed by atoms with Crippen LogP contribution in [-0.4, -0.2) is 67.8 Å². The van der Waals surface area contributed by atoms with Crippen molar-refractivity contribution in [3.63, 3.8) is 0 Å². The van der Waals surface area contributed by atoms with Crippen LogP contribution < -0.4 is 14.8 Å². The summed E-state index contributed by atoms with van der Waals surface area (Å²) in [5.41, 5.74) is 2.84. The molecule has 0 spiro atoms. The van der Waals surface area contributed by atoms with Crippen molar-refractivity contribution in [3.8, 4) is 11.5 Å². The molecule has 1 unspecified atom stereocenters. The van der Waals surface area contributed by atoms with Gasteiger partial charge < -0.3 is 19.5 Å². The maximum Gasteiger partial charge on any atom is 0.341 e. The summed E-state index contributed by atoms with van der Waals surface area (Å²) in [6.07, 6.45) is 2.87. The Morgan fingerprint density at radius 2 is 1.91 bits per heavy atom. The number of ether oxygens (including phenoxy) is 3. The fraction of sp³-hybridized carbons (Fsp3) is 0.538. The van der Waals surface area contributed by atoms with E-state index in [1.165, 1.54) is 10.4 Å². The number of rotatable bonds is 7. The molecule has 0 bridgehead atoms. The number of esters is 1. The van der Waals surface area contributed by atoms with Crippen LogP contribution in [0.25, 0.3) is 0 Å². The minimum absolute atomic E-state index is 0.0774. The molecule has 1 aliphatic carbocycles. The minimum Gasteiger partial charge on any atom is -0.462 e. The number of thiophene rings is 1. The van der Waals surface area contributed by atoms with Crippen LogP contribution in [0.1, 0.15) is 46.6 Å². The Balaban J connectivity index is 1.16. The van der Waals surface area contributed by atoms with E-state index in [0.717, 1.165) is 69.0 Å². The first-order valence-corrected chi connectivity index (χ1v) is 13.3. The lowest BCUT2D eigenvalue weighted by Gasteiger charge is -2.34. The van der Waals surface area contributed by atoms with Gasteiger partial charge in [-0.25, -0.2) is 4.79 Å². The molecule has 1 fully saturated rings. The van der Waals surface area contributed by atoms with E-state index in [2.05, 4.69) is 28.1 Å². The highest BCUT2D eigenvalue weighted by molar-refractivity contribution is 7.17. The van der Waals surface area contributed by atoms with Crippen LogP contribution in [0.5, 0.6) is 11.5 Å². The third kappa shape index (κ3) is 5.47. The van der Waals surface area contributed by atoms with Crippen molar-refractivity contribution in [1.82, 2.24) is 9.80 Å². The standard InChI is InChI=1S/C26H33N3O5S/c1-3-32-26(31)24-19-6-4-17(2)12-22(19)35-25(24)27-23(30)15-29-10-8-28(9-11-29)14-18-5-7-20-21(13-18)34-16-33-20/h5,7,13,17H,3-4,6,8-12,14-16H2,1-2H3,(H,27,30). The van der Waals surface area contributed by atoms with Gasteiger partial charge in [0.25, 0.3) is 0 Å². The van der Waals surface area contributed by atoms with Gasteiger partial charge in [-0.05, 0) is 55.4 Å². The number of carbonyl (C=O) groups is 2. The molecule has 2 aromatic rings. The summed E-state index contributed by atoms with van der Waals surface area (Å²) in [5, 5.41) is 3.69. The Bertz CT molecular complexity index is 1090. The monoisotopic (exact) mass is 499 g/mol. The number of anilines is 1. The van der Waals surface area contributed by atoms with Gasteiger partial charge in [-0.2, -0.15) is 0 Å². The number of piperazine rings is 1. The topological polar surface area (TPSA) is 80.3 Å². The number of benzene rings is 1. The van der Waals surface area contributed by atoms with Crippen LogP contribution in [0, 0.1) is 5.92 Å². The van der Waals surface area contributed by atoms with Crippen LogP contribution in [-0.2, 0) is 28.9 Å². The summed E-state index contributed by atoms with van der Waals surface area (Å²) >= 11 is 1.54. The fourth-order valence-corrected chi connectivity index (χ4v) is 6.45. The van der Waals surface area contributed by atoms with Crippen LogP contribution in [0.4, 0.5) is 5.00 Å². The highest BCUT2D eigenvalue weighted by Crippen LogP contribution is 2.40. The molecule has 3 heterocycles. The molecule has 5 rings (SSSR count). The number of hydrogen-bond acceptors (Lipinski definition) is 8. The molecule has 9 heteroatoms. The molecule has 35 heavy (non-hydrogen) atoms. The van der Waals surface area contributed by atoms with E-state index in [0.29, 0.717) is 29.6 Å². The molecule has 1 atom stereocenters. The number of nitrogens with zero attached hydrogens (tertiary/aromatic N) is 2. The molecule has 1 saturated heterocycles. The fourth-order valence-electron chi connectivity index (χ4n) is 5.03. The maximum atomic E-state index is 12.9. The van der Waals surface area contributed by atoms with Gasteiger partial charge >= 0.3 is 5.97 Å². The Labute approximate surface area is 210 Å². The molecule has 2 aliphatic heterocycles. The number of fused-ring (bicyclic) bond motifs is 2. The lowest BCUT2D eigenvalue weighted by atomic mass is 9.88. The van der Waals surface area contributed by atoms with E-state index >= 15 is 0 Å².